The number of halogens is 1. The average molecular weight is 323 g/mol. The average Bonchev–Trinajstić information content (AvgIpc) is 2.71. The van der Waals surface area contributed by atoms with Crippen molar-refractivity contribution in [2.45, 2.75) is 66.1 Å². The molecule has 0 saturated carbocycles. The number of nitrogens with zero attached hydrogens (tertiary/aromatic N) is 3. The molecule has 1 aromatic heterocycles. The van der Waals surface area contributed by atoms with Gasteiger partial charge in [-0.25, -0.2) is 9.18 Å². The summed E-state index contributed by atoms with van der Waals surface area (Å²) in [5.41, 5.74) is -0.324. The van der Waals surface area contributed by atoms with Crippen LogP contribution in [0.2, 0.25) is 0 Å². The lowest BCUT2D eigenvalue weighted by atomic mass is 9.96. The lowest BCUT2D eigenvalue weighted by Crippen LogP contribution is -2.46. The van der Waals surface area contributed by atoms with Crippen LogP contribution in [-0.2, 0) is 11.3 Å². The molecule has 1 aliphatic rings. The summed E-state index contributed by atoms with van der Waals surface area (Å²) >= 11 is 0. The Hall–Kier alpha value is -1.98. The van der Waals surface area contributed by atoms with Crippen molar-refractivity contribution in [3.63, 3.8) is 0 Å². The molecule has 2 rings (SSSR count). The van der Waals surface area contributed by atoms with Crippen LogP contribution in [-0.4, -0.2) is 38.3 Å². The molecule has 128 valence electrons. The smallest absolute Gasteiger partial charge is 0.305 e. The summed E-state index contributed by atoms with van der Waals surface area (Å²) in [7, 11) is 0. The van der Waals surface area contributed by atoms with Gasteiger partial charge in [0, 0.05) is 12.2 Å². The van der Waals surface area contributed by atoms with Crippen LogP contribution in [0.15, 0.2) is 18.5 Å². The third kappa shape index (κ3) is 3.51. The molecule has 2 heterocycles. The van der Waals surface area contributed by atoms with E-state index in [1.54, 1.807) is 20.8 Å². The zero-order valence-corrected chi connectivity index (χ0v) is 14.8. The molecule has 0 radical (unpaired) electrons. The van der Waals surface area contributed by atoms with Crippen molar-refractivity contribution in [3.8, 4) is 0 Å². The molecule has 1 aliphatic heterocycles. The van der Waals surface area contributed by atoms with Gasteiger partial charge in [-0.2, -0.15) is 0 Å². The highest BCUT2D eigenvalue weighted by molar-refractivity contribution is 6.07. The standard InChI is InChI=1S/C15H20FN3O2.C2H6/c1-5-15(4)13(20)19(10(2)3)14(21)18(15)9-11-6-12(16)8-17-7-11;1-2/h6-8,10H,5,9H2,1-4H3;1-2H3. The Balaban J connectivity index is 0.00000127. The highest BCUT2D eigenvalue weighted by Crippen LogP contribution is 2.33. The SMILES string of the molecule is CC.CCC1(C)C(=O)N(C(C)C)C(=O)N1Cc1cncc(F)c1. The summed E-state index contributed by atoms with van der Waals surface area (Å²) in [4.78, 5) is 31.7. The highest BCUT2D eigenvalue weighted by Gasteiger charge is 2.53. The largest absolute Gasteiger partial charge is 0.328 e. The van der Waals surface area contributed by atoms with Crippen molar-refractivity contribution in [1.82, 2.24) is 14.8 Å². The number of rotatable bonds is 4. The highest BCUT2D eigenvalue weighted by atomic mass is 19.1. The number of hydrogen-bond donors (Lipinski definition) is 0. The van der Waals surface area contributed by atoms with E-state index in [4.69, 9.17) is 0 Å². The first-order chi connectivity index (χ1) is 10.8. The minimum absolute atomic E-state index is 0.170. The number of carbonyl (C=O) groups is 2. The summed E-state index contributed by atoms with van der Waals surface area (Å²) in [6, 6.07) is 0.800. The quantitative estimate of drug-likeness (QED) is 0.796. The summed E-state index contributed by atoms with van der Waals surface area (Å²) in [5.74, 6) is -0.654. The van der Waals surface area contributed by atoms with E-state index in [2.05, 4.69) is 4.98 Å². The molecule has 23 heavy (non-hydrogen) atoms. The van der Waals surface area contributed by atoms with E-state index >= 15 is 0 Å². The molecule has 0 aliphatic carbocycles. The lowest BCUT2D eigenvalue weighted by molar-refractivity contribution is -0.133. The van der Waals surface area contributed by atoms with Crippen molar-refractivity contribution in [2.24, 2.45) is 0 Å². The van der Waals surface area contributed by atoms with Crippen LogP contribution in [0.5, 0.6) is 0 Å². The summed E-state index contributed by atoms with van der Waals surface area (Å²) in [6.07, 6.45) is 3.12. The van der Waals surface area contributed by atoms with Gasteiger partial charge in [0.2, 0.25) is 0 Å². The molecule has 0 bridgehead atoms. The van der Waals surface area contributed by atoms with Gasteiger partial charge in [-0.05, 0) is 38.8 Å². The molecule has 0 N–H and O–H groups in total. The Kier molecular flexibility index (Phi) is 6.24. The van der Waals surface area contributed by atoms with Gasteiger partial charge in [0.1, 0.15) is 11.4 Å². The number of hydrogen-bond acceptors (Lipinski definition) is 3. The van der Waals surface area contributed by atoms with Gasteiger partial charge in [-0.3, -0.25) is 14.7 Å². The fourth-order valence-electron chi connectivity index (χ4n) is 2.57. The Morgan fingerprint density at radius 1 is 1.26 bits per heavy atom. The van der Waals surface area contributed by atoms with Crippen molar-refractivity contribution in [3.05, 3.63) is 29.8 Å². The molecule has 1 saturated heterocycles. The van der Waals surface area contributed by atoms with E-state index in [0.29, 0.717) is 12.0 Å². The first-order valence-corrected chi connectivity index (χ1v) is 8.06. The number of urea groups is 1. The molecular formula is C17H26FN3O2. The van der Waals surface area contributed by atoms with E-state index in [0.717, 1.165) is 6.20 Å². The molecule has 0 aromatic carbocycles. The summed E-state index contributed by atoms with van der Waals surface area (Å²) < 4.78 is 13.3. The van der Waals surface area contributed by atoms with Crippen molar-refractivity contribution in [2.75, 3.05) is 0 Å². The second kappa shape index (κ2) is 7.53. The second-order valence-corrected chi connectivity index (χ2v) is 5.78. The van der Waals surface area contributed by atoms with Gasteiger partial charge < -0.3 is 4.90 Å². The molecule has 1 unspecified atom stereocenters. The molecule has 6 heteroatoms. The van der Waals surface area contributed by atoms with Crippen LogP contribution in [0.4, 0.5) is 9.18 Å². The Morgan fingerprint density at radius 3 is 2.35 bits per heavy atom. The number of amides is 3. The first-order valence-electron chi connectivity index (χ1n) is 8.06. The minimum atomic E-state index is -0.895. The number of imide groups is 1. The maximum absolute atomic E-state index is 13.3. The molecule has 1 atom stereocenters. The third-order valence-corrected chi connectivity index (χ3v) is 4.02. The predicted octanol–water partition coefficient (Wildman–Crippen LogP) is 3.59. The van der Waals surface area contributed by atoms with Gasteiger partial charge in [0.25, 0.3) is 5.91 Å². The molecule has 3 amide bonds. The number of carbonyl (C=O) groups excluding carboxylic acids is 2. The van der Waals surface area contributed by atoms with Crippen molar-refractivity contribution >= 4 is 11.9 Å². The van der Waals surface area contributed by atoms with Gasteiger partial charge in [-0.1, -0.05) is 20.8 Å². The van der Waals surface area contributed by atoms with E-state index in [9.17, 15) is 14.0 Å². The summed E-state index contributed by atoms with van der Waals surface area (Å²) in [5, 5.41) is 0. The fraction of sp³-hybridized carbons (Fsp3) is 0.588. The van der Waals surface area contributed by atoms with Crippen molar-refractivity contribution in [1.29, 1.82) is 0 Å². The zero-order chi connectivity index (χ0) is 17.8. The Morgan fingerprint density at radius 2 is 1.87 bits per heavy atom. The molecule has 1 fully saturated rings. The van der Waals surface area contributed by atoms with Gasteiger partial charge in [0.15, 0.2) is 0 Å². The van der Waals surface area contributed by atoms with Crippen LogP contribution in [0.25, 0.3) is 0 Å². The van der Waals surface area contributed by atoms with E-state index in [1.807, 2.05) is 20.8 Å². The van der Waals surface area contributed by atoms with Gasteiger partial charge >= 0.3 is 6.03 Å². The second-order valence-electron chi connectivity index (χ2n) is 5.78. The van der Waals surface area contributed by atoms with E-state index < -0.39 is 11.4 Å². The maximum atomic E-state index is 13.3. The fourth-order valence-corrected chi connectivity index (χ4v) is 2.57. The minimum Gasteiger partial charge on any atom is -0.305 e. The van der Waals surface area contributed by atoms with Crippen LogP contribution in [0.1, 0.15) is 53.5 Å². The zero-order valence-electron chi connectivity index (χ0n) is 14.8. The van der Waals surface area contributed by atoms with Crippen molar-refractivity contribution < 1.29 is 14.0 Å². The van der Waals surface area contributed by atoms with Gasteiger partial charge in [0.05, 0.1) is 12.7 Å². The molecule has 1 aromatic rings. The molecule has 0 spiro atoms. The van der Waals surface area contributed by atoms with Crippen LogP contribution in [0, 0.1) is 5.82 Å². The monoisotopic (exact) mass is 323 g/mol. The predicted molar refractivity (Wildman–Crippen MR) is 87.2 cm³/mol. The summed E-state index contributed by atoms with van der Waals surface area (Å²) in [6.45, 7) is 11.4. The Bertz CT molecular complexity index is 577. The Labute approximate surface area is 137 Å². The van der Waals surface area contributed by atoms with E-state index in [1.165, 1.54) is 22.1 Å². The number of pyridine rings is 1. The third-order valence-electron chi connectivity index (χ3n) is 4.02. The van der Waals surface area contributed by atoms with Crippen LogP contribution in [0.3, 0.4) is 0 Å². The van der Waals surface area contributed by atoms with Gasteiger partial charge in [-0.15, -0.1) is 0 Å². The molecular weight excluding hydrogens is 297 g/mol. The lowest BCUT2D eigenvalue weighted by Gasteiger charge is -2.30. The maximum Gasteiger partial charge on any atom is 0.328 e. The normalized spacial score (nSPS) is 20.9. The first kappa shape index (κ1) is 19.1. The van der Waals surface area contributed by atoms with Crippen LogP contribution < -0.4 is 0 Å². The van der Waals surface area contributed by atoms with E-state index in [-0.39, 0.29) is 24.5 Å². The number of aromatic nitrogens is 1. The van der Waals surface area contributed by atoms with Crippen LogP contribution >= 0.6 is 0 Å². The topological polar surface area (TPSA) is 53.5 Å². The molecule has 5 nitrogen and oxygen atoms in total.